The van der Waals surface area contributed by atoms with Gasteiger partial charge in [-0.2, -0.15) is 0 Å². The van der Waals surface area contributed by atoms with E-state index in [0.29, 0.717) is 37.3 Å². The number of carbonyl (C=O) groups is 4. The van der Waals surface area contributed by atoms with Crippen LogP contribution >= 0.6 is 0 Å². The molecule has 2 bridgehead atoms. The molecular weight excluding hydrogens is 697 g/mol. The van der Waals surface area contributed by atoms with E-state index in [-0.39, 0.29) is 48.7 Å². The second-order valence-electron chi connectivity index (χ2n) is 14.6. The Morgan fingerprint density at radius 2 is 1.64 bits per heavy atom. The van der Waals surface area contributed by atoms with Crippen molar-refractivity contribution in [3.8, 4) is 5.75 Å². The molecule has 0 radical (unpaired) electrons. The molecule has 4 aromatic rings. The van der Waals surface area contributed by atoms with Crippen LogP contribution in [0.25, 0.3) is 10.9 Å². The van der Waals surface area contributed by atoms with Crippen LogP contribution in [-0.4, -0.2) is 83.7 Å². The molecule has 3 heterocycles. The van der Waals surface area contributed by atoms with Crippen molar-refractivity contribution in [1.29, 1.82) is 0 Å². The number of hydrogen-bond acceptors (Lipinski definition) is 8. The number of ether oxygens (including phenoxy) is 1. The van der Waals surface area contributed by atoms with Crippen LogP contribution in [0.1, 0.15) is 62.2 Å². The predicted molar refractivity (Wildman–Crippen MR) is 212 cm³/mol. The summed E-state index contributed by atoms with van der Waals surface area (Å²) in [6, 6.07) is 24.6. The van der Waals surface area contributed by atoms with E-state index in [9.17, 15) is 24.3 Å². The number of aliphatic hydroxyl groups is 1. The van der Waals surface area contributed by atoms with Crippen LogP contribution in [0.3, 0.4) is 0 Å². The minimum atomic E-state index is -1.15. The third-order valence-corrected chi connectivity index (χ3v) is 10.1. The normalized spacial score (nSPS) is 18.8. The Labute approximate surface area is 323 Å². The van der Waals surface area contributed by atoms with Gasteiger partial charge in [-0.3, -0.25) is 19.2 Å². The zero-order chi connectivity index (χ0) is 39.3. The Morgan fingerprint density at radius 3 is 2.36 bits per heavy atom. The molecule has 2 aliphatic heterocycles. The van der Waals surface area contributed by atoms with Crippen molar-refractivity contribution in [2.45, 2.75) is 83.6 Å². The fraction of sp³-hybridized carbons (Fsp3) is 0.419. The van der Waals surface area contributed by atoms with Gasteiger partial charge in [0.15, 0.2) is 0 Å². The van der Waals surface area contributed by atoms with E-state index in [1.54, 1.807) is 6.07 Å². The molecule has 4 amide bonds. The van der Waals surface area contributed by atoms with Gasteiger partial charge in [-0.15, -0.1) is 0 Å². The Balaban J connectivity index is 1.34. The number of amides is 4. The molecule has 2 aliphatic rings. The molecule has 12 heteroatoms. The fourth-order valence-corrected chi connectivity index (χ4v) is 6.53. The number of nitrogens with one attached hydrogen (secondary N) is 5. The Bertz CT molecular complexity index is 1890. The van der Waals surface area contributed by atoms with Crippen molar-refractivity contribution in [1.82, 2.24) is 31.6 Å². The van der Waals surface area contributed by atoms with Crippen LogP contribution in [0.4, 0.5) is 0 Å². The monoisotopic (exact) mass is 750 g/mol. The number of fused-ring (bicyclic) bond motifs is 13. The molecule has 0 unspecified atom stereocenters. The van der Waals surface area contributed by atoms with E-state index >= 15 is 0 Å². The SMILES string of the molecule is CC[C@H](C)[C@@H]1NC(=O)[C@@H](NC[C@@H](O)[C@H](Cc2ccccc2)NC(=O)[C@@H](NC(=O)c2ccc3ccccc3n2)C(C)C)Cc2ccc(cc2)OCCCNC1=O. The third kappa shape index (κ3) is 11.6. The summed E-state index contributed by atoms with van der Waals surface area (Å²) in [7, 11) is 0. The zero-order valence-corrected chi connectivity index (χ0v) is 32.1. The number of benzene rings is 3. The van der Waals surface area contributed by atoms with Crippen molar-refractivity contribution < 1.29 is 29.0 Å². The number of nitrogens with zero attached hydrogens (tertiary/aromatic N) is 1. The summed E-state index contributed by atoms with van der Waals surface area (Å²) >= 11 is 0. The number of pyridine rings is 1. The van der Waals surface area contributed by atoms with Crippen LogP contribution in [0.15, 0.2) is 91.0 Å². The van der Waals surface area contributed by atoms with Gasteiger partial charge in [0, 0.05) is 18.5 Å². The first-order valence-electron chi connectivity index (χ1n) is 19.2. The molecule has 0 saturated heterocycles. The second-order valence-corrected chi connectivity index (χ2v) is 14.6. The lowest BCUT2D eigenvalue weighted by Gasteiger charge is -2.30. The molecule has 0 fully saturated rings. The summed E-state index contributed by atoms with van der Waals surface area (Å²) in [5.41, 5.74) is 2.60. The van der Waals surface area contributed by atoms with Crippen LogP contribution in [0.5, 0.6) is 5.75 Å². The Hall–Kier alpha value is -5.33. The standard InChI is InChI=1S/C43H54N6O6/c1-5-28(4)39-42(53)44-22-11-23-55-32-19-16-30(17-20-32)25-36(41(52)49-39)45-26-37(50)35(24-29-12-7-6-8-13-29)47-43(54)38(27(2)3)48-40(51)34-21-18-31-14-9-10-15-33(31)46-34/h6-10,12-21,27-28,35-39,45,50H,5,11,22-26H2,1-4H3,(H,44,53)(H,47,54)(H,48,51)(H,49,52)/t28-,35-,36-,37+,38-,39-/m0/s1. The Morgan fingerprint density at radius 1 is 0.909 bits per heavy atom. The summed E-state index contributed by atoms with van der Waals surface area (Å²) in [6.45, 7) is 8.35. The number of hydrogen-bond donors (Lipinski definition) is 6. The first kappa shape index (κ1) is 40.8. The summed E-state index contributed by atoms with van der Waals surface area (Å²) in [4.78, 5) is 59.0. The van der Waals surface area contributed by atoms with Crippen LogP contribution < -0.4 is 31.3 Å². The molecule has 0 spiro atoms. The molecule has 12 nitrogen and oxygen atoms in total. The summed E-state index contributed by atoms with van der Waals surface area (Å²) in [5, 5.41) is 27.7. The first-order valence-corrected chi connectivity index (χ1v) is 19.2. The van der Waals surface area contributed by atoms with Gasteiger partial charge in [0.1, 0.15) is 23.5 Å². The van der Waals surface area contributed by atoms with E-state index in [1.807, 2.05) is 113 Å². The van der Waals surface area contributed by atoms with Gasteiger partial charge < -0.3 is 36.4 Å². The lowest BCUT2D eigenvalue weighted by Crippen LogP contribution is -2.58. The quantitative estimate of drug-likeness (QED) is 0.120. The van der Waals surface area contributed by atoms with Gasteiger partial charge in [-0.1, -0.05) is 101 Å². The summed E-state index contributed by atoms with van der Waals surface area (Å²) < 4.78 is 5.85. The lowest BCUT2D eigenvalue weighted by atomic mass is 9.96. The highest BCUT2D eigenvalue weighted by Crippen LogP contribution is 2.17. The highest BCUT2D eigenvalue weighted by molar-refractivity contribution is 5.98. The number of para-hydroxylation sites is 1. The van der Waals surface area contributed by atoms with Crippen LogP contribution in [0.2, 0.25) is 0 Å². The van der Waals surface area contributed by atoms with E-state index in [0.717, 1.165) is 16.5 Å². The molecule has 55 heavy (non-hydrogen) atoms. The highest BCUT2D eigenvalue weighted by atomic mass is 16.5. The molecule has 1 aromatic heterocycles. The molecule has 292 valence electrons. The maximum atomic E-state index is 14.0. The third-order valence-electron chi connectivity index (χ3n) is 10.1. The van der Waals surface area contributed by atoms with Gasteiger partial charge in [-0.05, 0) is 66.5 Å². The predicted octanol–water partition coefficient (Wildman–Crippen LogP) is 3.71. The van der Waals surface area contributed by atoms with Gasteiger partial charge >= 0.3 is 0 Å². The van der Waals surface area contributed by atoms with E-state index < -0.39 is 42.1 Å². The molecule has 6 N–H and O–H groups in total. The van der Waals surface area contributed by atoms with Crippen molar-refractivity contribution in [2.24, 2.45) is 11.8 Å². The topological polar surface area (TPSA) is 171 Å². The fourth-order valence-electron chi connectivity index (χ4n) is 6.53. The van der Waals surface area contributed by atoms with Gasteiger partial charge in [0.05, 0.1) is 30.3 Å². The summed E-state index contributed by atoms with van der Waals surface area (Å²) in [6.07, 6.45) is 0.701. The van der Waals surface area contributed by atoms with Gasteiger partial charge in [-0.25, -0.2) is 4.98 Å². The lowest BCUT2D eigenvalue weighted by molar-refractivity contribution is -0.131. The maximum absolute atomic E-state index is 14.0. The number of rotatable bonds is 13. The van der Waals surface area contributed by atoms with Gasteiger partial charge in [0.25, 0.3) is 5.91 Å². The molecule has 0 aliphatic carbocycles. The molecule has 3 aromatic carbocycles. The highest BCUT2D eigenvalue weighted by Gasteiger charge is 2.32. The van der Waals surface area contributed by atoms with Crippen LogP contribution in [-0.2, 0) is 27.2 Å². The van der Waals surface area contributed by atoms with Crippen molar-refractivity contribution in [3.05, 3.63) is 108 Å². The van der Waals surface area contributed by atoms with E-state index in [2.05, 4.69) is 31.6 Å². The smallest absolute Gasteiger partial charge is 0.270 e. The van der Waals surface area contributed by atoms with Crippen LogP contribution in [0, 0.1) is 11.8 Å². The average molecular weight is 751 g/mol. The van der Waals surface area contributed by atoms with E-state index in [1.165, 1.54) is 0 Å². The number of aliphatic hydroxyl groups excluding tert-OH is 1. The van der Waals surface area contributed by atoms with Crippen molar-refractivity contribution >= 4 is 34.5 Å². The second kappa shape index (κ2) is 19.8. The van der Waals surface area contributed by atoms with E-state index in [4.69, 9.17) is 4.74 Å². The molecule has 0 saturated carbocycles. The van der Waals surface area contributed by atoms with Crippen molar-refractivity contribution in [3.63, 3.8) is 0 Å². The first-order chi connectivity index (χ1) is 26.5. The zero-order valence-electron chi connectivity index (χ0n) is 32.1. The average Bonchev–Trinajstić information content (AvgIpc) is 3.20. The molecule has 6 atom stereocenters. The minimum absolute atomic E-state index is 0.0586. The van der Waals surface area contributed by atoms with Crippen molar-refractivity contribution in [2.75, 3.05) is 19.7 Å². The summed E-state index contributed by atoms with van der Waals surface area (Å²) in [5.74, 6) is -1.31. The largest absolute Gasteiger partial charge is 0.494 e. The minimum Gasteiger partial charge on any atom is -0.494 e. The Kier molecular flexibility index (Phi) is 14.7. The van der Waals surface area contributed by atoms with Gasteiger partial charge in [0.2, 0.25) is 17.7 Å². The molecule has 6 rings (SSSR count). The maximum Gasteiger partial charge on any atom is 0.270 e. The molecular formula is C43H54N6O6. The number of aromatic nitrogens is 1. The number of carbonyl (C=O) groups excluding carboxylic acids is 4.